The Balaban J connectivity index is 2.38. The van der Waals surface area contributed by atoms with Gasteiger partial charge in [0.05, 0.1) is 0 Å². The molecule has 0 spiro atoms. The number of hydrogen-bond acceptors (Lipinski definition) is 2. The largest absolute Gasteiger partial charge is 0.282 e. The average Bonchev–Trinajstić information content (AvgIpc) is 1.86. The Bertz CT molecular complexity index is 71.2. The zero-order valence-corrected chi connectivity index (χ0v) is 5.34. The van der Waals surface area contributed by atoms with Crippen molar-refractivity contribution in [3.63, 3.8) is 0 Å². The van der Waals surface area contributed by atoms with Gasteiger partial charge >= 0.3 is 0 Å². The van der Waals surface area contributed by atoms with Gasteiger partial charge in [0.15, 0.2) is 4.17 Å². The molecule has 3 heteroatoms. The van der Waals surface area contributed by atoms with Crippen LogP contribution in [0.4, 0.5) is 0 Å². The number of nitrogens with zero attached hydrogens (tertiary/aromatic N) is 1. The van der Waals surface area contributed by atoms with E-state index >= 15 is 0 Å². The van der Waals surface area contributed by atoms with Crippen molar-refractivity contribution in [2.75, 3.05) is 6.54 Å². The van der Waals surface area contributed by atoms with E-state index in [-0.39, 0.29) is 0 Å². The summed E-state index contributed by atoms with van der Waals surface area (Å²) in [5.74, 6) is 0. The van der Waals surface area contributed by atoms with Gasteiger partial charge < -0.3 is 0 Å². The number of alkyl halides is 1. The van der Waals surface area contributed by atoms with Crippen molar-refractivity contribution in [3.05, 3.63) is 0 Å². The van der Waals surface area contributed by atoms with Gasteiger partial charge in [0, 0.05) is 12.8 Å². The van der Waals surface area contributed by atoms with Gasteiger partial charge in [-0.3, -0.25) is 10.3 Å². The Morgan fingerprint density at radius 3 is 3.00 bits per heavy atom. The van der Waals surface area contributed by atoms with Crippen LogP contribution in [0.1, 0.15) is 0 Å². The molecular formula is C3H5IN2. The number of rotatable bonds is 0. The summed E-state index contributed by atoms with van der Waals surface area (Å²) in [6, 6.07) is 0. The molecule has 1 aliphatic heterocycles. The average molecular weight is 196 g/mol. The first-order chi connectivity index (χ1) is 2.89. The van der Waals surface area contributed by atoms with Crippen LogP contribution in [0, 0.1) is 0 Å². The first-order valence-corrected chi connectivity index (χ1v) is 3.03. The van der Waals surface area contributed by atoms with Gasteiger partial charge in [0.1, 0.15) is 0 Å². The van der Waals surface area contributed by atoms with Crippen molar-refractivity contribution in [2.24, 2.45) is 4.99 Å². The lowest BCUT2D eigenvalue weighted by molar-refractivity contribution is 0.823. The van der Waals surface area contributed by atoms with Crippen LogP contribution in [0.2, 0.25) is 0 Å². The lowest BCUT2D eigenvalue weighted by atomic mass is 10.8. The van der Waals surface area contributed by atoms with Gasteiger partial charge in [-0.25, -0.2) is 0 Å². The summed E-state index contributed by atoms with van der Waals surface area (Å²) < 4.78 is 0.336. The number of aliphatic imine (C=N–C) groups is 1. The quantitative estimate of drug-likeness (QED) is 0.338. The van der Waals surface area contributed by atoms with E-state index in [0.717, 1.165) is 6.54 Å². The number of halogens is 1. The molecule has 1 aliphatic rings. The zero-order valence-electron chi connectivity index (χ0n) is 3.19. The molecule has 2 nitrogen and oxygen atoms in total. The Morgan fingerprint density at radius 2 is 2.83 bits per heavy atom. The lowest BCUT2D eigenvalue weighted by Gasteiger charge is -1.90. The van der Waals surface area contributed by atoms with Gasteiger partial charge in [-0.2, -0.15) is 0 Å². The monoisotopic (exact) mass is 196 g/mol. The smallest absolute Gasteiger partial charge is 0.151 e. The van der Waals surface area contributed by atoms with Crippen molar-refractivity contribution in [1.82, 2.24) is 5.32 Å². The van der Waals surface area contributed by atoms with E-state index in [1.54, 1.807) is 0 Å². The van der Waals surface area contributed by atoms with Crippen LogP contribution < -0.4 is 5.32 Å². The summed E-state index contributed by atoms with van der Waals surface area (Å²) in [5, 5.41) is 3.08. The highest BCUT2D eigenvalue weighted by Crippen LogP contribution is 1.98. The minimum atomic E-state index is 0.336. The van der Waals surface area contributed by atoms with Crippen LogP contribution >= 0.6 is 22.6 Å². The third kappa shape index (κ3) is 0.909. The van der Waals surface area contributed by atoms with Gasteiger partial charge in [-0.05, 0) is 22.6 Å². The molecule has 34 valence electrons. The second-order valence-corrected chi connectivity index (χ2v) is 2.26. The van der Waals surface area contributed by atoms with Crippen LogP contribution in [-0.2, 0) is 0 Å². The van der Waals surface area contributed by atoms with Gasteiger partial charge in [0.25, 0.3) is 0 Å². The molecule has 0 radical (unpaired) electrons. The van der Waals surface area contributed by atoms with Crippen molar-refractivity contribution in [2.45, 2.75) is 4.17 Å². The van der Waals surface area contributed by atoms with E-state index in [1.165, 1.54) is 0 Å². The Morgan fingerprint density at radius 1 is 2.00 bits per heavy atom. The van der Waals surface area contributed by atoms with Gasteiger partial charge in [0.2, 0.25) is 0 Å². The highest BCUT2D eigenvalue weighted by Gasteiger charge is 1.99. The van der Waals surface area contributed by atoms with Crippen molar-refractivity contribution in [3.8, 4) is 0 Å². The molecule has 0 saturated carbocycles. The molecule has 0 aliphatic carbocycles. The molecule has 0 amide bonds. The minimum Gasteiger partial charge on any atom is -0.282 e. The van der Waals surface area contributed by atoms with Crippen LogP contribution in [0.25, 0.3) is 0 Å². The van der Waals surface area contributed by atoms with E-state index in [0.29, 0.717) is 4.17 Å². The normalized spacial score (nSPS) is 31.8. The van der Waals surface area contributed by atoms with E-state index in [2.05, 4.69) is 32.9 Å². The third-order valence-corrected chi connectivity index (χ3v) is 1.38. The maximum absolute atomic E-state index is 3.99. The number of hydrogen-bond donors (Lipinski definition) is 1. The molecule has 1 N–H and O–H groups in total. The fourth-order valence-corrected chi connectivity index (χ4v) is 0.830. The summed E-state index contributed by atoms with van der Waals surface area (Å²) in [7, 11) is 0. The number of nitrogens with one attached hydrogen (secondary N) is 1. The second-order valence-electron chi connectivity index (χ2n) is 1.08. The highest BCUT2D eigenvalue weighted by molar-refractivity contribution is 14.1. The fraction of sp³-hybridized carbons (Fsp3) is 0.667. The summed E-state index contributed by atoms with van der Waals surface area (Å²) in [6.45, 7) is 0.938. The van der Waals surface area contributed by atoms with E-state index in [9.17, 15) is 0 Å². The van der Waals surface area contributed by atoms with E-state index in [1.807, 2.05) is 6.21 Å². The molecule has 6 heavy (non-hydrogen) atoms. The lowest BCUT2D eigenvalue weighted by Crippen LogP contribution is -2.14. The molecule has 0 saturated heterocycles. The highest BCUT2D eigenvalue weighted by atomic mass is 127. The van der Waals surface area contributed by atoms with Crippen LogP contribution in [0.15, 0.2) is 4.99 Å². The molecule has 1 unspecified atom stereocenters. The third-order valence-electron chi connectivity index (χ3n) is 0.614. The van der Waals surface area contributed by atoms with Crippen molar-refractivity contribution < 1.29 is 0 Å². The maximum Gasteiger partial charge on any atom is 0.151 e. The fourth-order valence-electron chi connectivity index (χ4n) is 0.348. The standard InChI is InChI=1S/C3H5IN2/c4-3-5-1-2-6-3/h1,3,6H,2H2. The molecule has 1 rings (SSSR count). The second kappa shape index (κ2) is 1.88. The van der Waals surface area contributed by atoms with Crippen molar-refractivity contribution in [1.29, 1.82) is 0 Å². The summed E-state index contributed by atoms with van der Waals surface area (Å²) >= 11 is 2.22. The maximum atomic E-state index is 3.99. The van der Waals surface area contributed by atoms with Crippen molar-refractivity contribution >= 4 is 28.8 Å². The summed E-state index contributed by atoms with van der Waals surface area (Å²) in [4.78, 5) is 3.99. The van der Waals surface area contributed by atoms with Crippen LogP contribution in [0.3, 0.4) is 0 Å². The van der Waals surface area contributed by atoms with Crippen LogP contribution in [0.5, 0.6) is 0 Å². The summed E-state index contributed by atoms with van der Waals surface area (Å²) in [6.07, 6.45) is 1.89. The Kier molecular flexibility index (Phi) is 1.42. The molecule has 1 heterocycles. The predicted octanol–water partition coefficient (Wildman–Crippen LogP) is 0.379. The van der Waals surface area contributed by atoms with E-state index in [4.69, 9.17) is 0 Å². The predicted molar refractivity (Wildman–Crippen MR) is 34.3 cm³/mol. The SMILES string of the molecule is IC1N=CCN1. The molecule has 0 bridgehead atoms. The molecule has 0 fully saturated rings. The van der Waals surface area contributed by atoms with E-state index < -0.39 is 0 Å². The summed E-state index contributed by atoms with van der Waals surface area (Å²) in [5.41, 5.74) is 0. The Hall–Kier alpha value is 0.360. The molecule has 0 aromatic rings. The topological polar surface area (TPSA) is 24.4 Å². The molecule has 0 aromatic carbocycles. The van der Waals surface area contributed by atoms with Crippen LogP contribution in [-0.4, -0.2) is 16.9 Å². The molecule has 1 atom stereocenters. The Labute approximate surface area is 50.2 Å². The van der Waals surface area contributed by atoms with Gasteiger partial charge in [-0.15, -0.1) is 0 Å². The first-order valence-electron chi connectivity index (χ1n) is 1.79. The minimum absolute atomic E-state index is 0.336. The first kappa shape index (κ1) is 4.52. The molecular weight excluding hydrogens is 191 g/mol. The molecule has 0 aromatic heterocycles. The zero-order chi connectivity index (χ0) is 4.41. The van der Waals surface area contributed by atoms with Gasteiger partial charge in [-0.1, -0.05) is 0 Å².